The Morgan fingerprint density at radius 1 is 0.593 bits per heavy atom. The van der Waals surface area contributed by atoms with Crippen LogP contribution in [-0.4, -0.2) is 12.1 Å². The van der Waals surface area contributed by atoms with Crippen LogP contribution < -0.4 is 4.90 Å². The number of hydrogen-bond acceptors (Lipinski definition) is 3. The first kappa shape index (κ1) is 39.7. The van der Waals surface area contributed by atoms with Crippen molar-refractivity contribution in [2.45, 2.75) is 20.8 Å². The third-order valence-electron chi connectivity index (χ3n) is 8.65. The van der Waals surface area contributed by atoms with Crippen molar-refractivity contribution in [2.24, 2.45) is 0 Å². The lowest BCUT2D eigenvalue weighted by molar-refractivity contribution is 0.293. The predicted molar refractivity (Wildman–Crippen MR) is 233 cm³/mol. The first-order valence-corrected chi connectivity index (χ1v) is 17.5. The summed E-state index contributed by atoms with van der Waals surface area (Å²) in [5.74, 6) is 0.900. The molecule has 0 bridgehead atoms. The number of terminal acetylenes is 2. The minimum Gasteiger partial charge on any atom is -0.501 e. The largest absolute Gasteiger partial charge is 0.501 e. The van der Waals surface area contributed by atoms with Crippen LogP contribution in [0.3, 0.4) is 0 Å². The number of nitrogens with zero attached hydrogens (tertiary/aromatic N) is 2. The highest BCUT2D eigenvalue weighted by molar-refractivity contribution is 5.96. The Hall–Kier alpha value is -7.07. The summed E-state index contributed by atoms with van der Waals surface area (Å²) in [5.41, 5.74) is 12.5. The van der Waals surface area contributed by atoms with E-state index in [1.807, 2.05) is 26.1 Å². The van der Waals surface area contributed by atoms with Crippen LogP contribution in [-0.2, 0) is 4.74 Å². The van der Waals surface area contributed by atoms with Gasteiger partial charge < -0.3 is 9.64 Å². The summed E-state index contributed by atoms with van der Waals surface area (Å²) >= 11 is 0. The van der Waals surface area contributed by atoms with Gasteiger partial charge in [0.1, 0.15) is 0 Å². The Bertz CT molecular complexity index is 2220. The van der Waals surface area contributed by atoms with Crippen LogP contribution in [0.5, 0.6) is 0 Å². The van der Waals surface area contributed by atoms with Crippen molar-refractivity contribution in [3.63, 3.8) is 0 Å². The number of benzene rings is 6. The molecule has 266 valence electrons. The van der Waals surface area contributed by atoms with E-state index in [0.717, 1.165) is 45.0 Å². The molecular formula is C51H46N2O. The molecule has 54 heavy (non-hydrogen) atoms. The van der Waals surface area contributed by atoms with Gasteiger partial charge in [-0.1, -0.05) is 127 Å². The van der Waals surface area contributed by atoms with Gasteiger partial charge in [-0.2, -0.15) is 0 Å². The van der Waals surface area contributed by atoms with E-state index in [-0.39, 0.29) is 0 Å². The number of rotatable bonds is 8. The molecule has 0 spiro atoms. The fraction of sp³-hybridized carbons (Fsp3) is 0.0784. The van der Waals surface area contributed by atoms with Crippen molar-refractivity contribution in [2.75, 3.05) is 12.0 Å². The molecule has 0 fully saturated rings. The molecule has 0 saturated carbocycles. The molecule has 7 aromatic rings. The van der Waals surface area contributed by atoms with Crippen molar-refractivity contribution in [1.82, 2.24) is 4.98 Å². The third-order valence-corrected chi connectivity index (χ3v) is 8.65. The van der Waals surface area contributed by atoms with E-state index in [0.29, 0.717) is 0 Å². The van der Waals surface area contributed by atoms with Crippen molar-refractivity contribution in [1.29, 1.82) is 0 Å². The van der Waals surface area contributed by atoms with E-state index in [1.54, 1.807) is 7.11 Å². The summed E-state index contributed by atoms with van der Waals surface area (Å²) in [6.45, 7) is 9.68. The van der Waals surface area contributed by atoms with Crippen LogP contribution in [0.2, 0.25) is 0 Å². The van der Waals surface area contributed by atoms with Crippen molar-refractivity contribution >= 4 is 27.8 Å². The molecule has 0 saturated heterocycles. The number of aromatic nitrogens is 1. The van der Waals surface area contributed by atoms with E-state index < -0.39 is 0 Å². The maximum absolute atomic E-state index is 4.86. The van der Waals surface area contributed by atoms with E-state index in [4.69, 9.17) is 9.72 Å². The lowest BCUT2D eigenvalue weighted by atomic mass is 9.98. The summed E-state index contributed by atoms with van der Waals surface area (Å²) in [6, 6.07) is 56.0. The second-order valence-corrected chi connectivity index (χ2v) is 12.3. The number of allylic oxidation sites excluding steroid dienone is 3. The minimum atomic E-state index is 0.900. The van der Waals surface area contributed by atoms with Crippen LogP contribution >= 0.6 is 0 Å². The molecule has 7 rings (SSSR count). The number of anilines is 3. The van der Waals surface area contributed by atoms with Crippen molar-refractivity contribution in [3.8, 4) is 59.2 Å². The molecule has 1 heterocycles. The average Bonchev–Trinajstić information content (AvgIpc) is 3.24. The van der Waals surface area contributed by atoms with Gasteiger partial charge in [-0.15, -0.1) is 25.7 Å². The summed E-state index contributed by atoms with van der Waals surface area (Å²) in [5, 5.41) is 2.35. The van der Waals surface area contributed by atoms with Crippen LogP contribution in [0, 0.1) is 32.6 Å². The number of fused-ring (bicyclic) bond motifs is 1. The monoisotopic (exact) mass is 702 g/mol. The van der Waals surface area contributed by atoms with Gasteiger partial charge in [0.15, 0.2) is 0 Å². The molecule has 0 amide bonds. The Kier molecular flexibility index (Phi) is 14.8. The zero-order valence-electron chi connectivity index (χ0n) is 31.5. The number of hydrogen-bond donors (Lipinski definition) is 0. The van der Waals surface area contributed by atoms with Crippen LogP contribution in [0.4, 0.5) is 17.1 Å². The molecule has 0 N–H and O–H groups in total. The second kappa shape index (κ2) is 20.1. The van der Waals surface area contributed by atoms with Gasteiger partial charge in [0.05, 0.1) is 18.6 Å². The fourth-order valence-corrected chi connectivity index (χ4v) is 6.06. The van der Waals surface area contributed by atoms with E-state index in [9.17, 15) is 0 Å². The molecule has 3 nitrogen and oxygen atoms in total. The topological polar surface area (TPSA) is 25.4 Å². The maximum atomic E-state index is 4.86. The molecule has 0 aliphatic carbocycles. The minimum absolute atomic E-state index is 0.900. The summed E-state index contributed by atoms with van der Waals surface area (Å²) in [7, 11) is 1.65. The summed E-state index contributed by atoms with van der Waals surface area (Å²) < 4.78 is 4.86. The van der Waals surface area contributed by atoms with Crippen molar-refractivity contribution in [3.05, 3.63) is 193 Å². The lowest BCUT2D eigenvalue weighted by Gasteiger charge is -2.27. The molecule has 1 aromatic heterocycles. The third kappa shape index (κ3) is 10.0. The highest BCUT2D eigenvalue weighted by Gasteiger charge is 2.16. The Labute approximate surface area is 322 Å². The van der Waals surface area contributed by atoms with Crippen LogP contribution in [0.15, 0.2) is 188 Å². The smallest absolute Gasteiger partial charge is 0.0926 e. The van der Waals surface area contributed by atoms with Gasteiger partial charge in [0, 0.05) is 34.2 Å². The highest BCUT2D eigenvalue weighted by Crippen LogP contribution is 2.40. The number of aryl methyl sites for hydroxylation is 1. The van der Waals surface area contributed by atoms with Gasteiger partial charge in [0.2, 0.25) is 0 Å². The van der Waals surface area contributed by atoms with Crippen LogP contribution in [0.1, 0.15) is 19.4 Å². The SMILES string of the molecule is C#C.C#C.C=C(C)/C=C(/C)OC.Cc1ccc(N(c2ccc(-c3ccccc3)cc2)c2ccc(-c3ccccc3)cc2)cc1-c1nccc2ccccc12. The molecular weight excluding hydrogens is 657 g/mol. The van der Waals surface area contributed by atoms with Crippen LogP contribution in [0.25, 0.3) is 44.3 Å². The predicted octanol–water partition coefficient (Wildman–Crippen LogP) is 13.6. The molecule has 0 atom stereocenters. The molecule has 3 heteroatoms. The number of ether oxygens (including phenoxy) is 1. The lowest BCUT2D eigenvalue weighted by Crippen LogP contribution is -2.10. The highest BCUT2D eigenvalue weighted by atomic mass is 16.5. The fourth-order valence-electron chi connectivity index (χ4n) is 6.06. The molecule has 6 aromatic carbocycles. The maximum Gasteiger partial charge on any atom is 0.0926 e. The molecule has 0 aliphatic rings. The standard InChI is InChI=1S/C40H30N2.C7H12O.2C2H2/c1-29-16-21-37(28-39(29)40-38-15-9-8-14-34(38)26-27-41-40)42(35-22-17-32(18-23-35)30-10-4-2-5-11-30)36-24-19-33(20-25-36)31-12-6-3-7-13-31;1-6(2)5-7(3)8-4;2*1-2/h2-28H,1H3;5H,1H2,2-4H3;2*1-2H/b;7-5-;;. The summed E-state index contributed by atoms with van der Waals surface area (Å²) in [4.78, 5) is 7.19. The molecule has 0 aliphatic heterocycles. The average molecular weight is 703 g/mol. The van der Waals surface area contributed by atoms with Gasteiger partial charge >= 0.3 is 0 Å². The number of methoxy groups -OCH3 is 1. The first-order valence-electron chi connectivity index (χ1n) is 17.5. The summed E-state index contributed by atoms with van der Waals surface area (Å²) in [6.07, 6.45) is 19.8. The van der Waals surface area contributed by atoms with Gasteiger partial charge in [-0.05, 0) is 103 Å². The van der Waals surface area contributed by atoms with Gasteiger partial charge in [-0.25, -0.2) is 0 Å². The number of pyridine rings is 1. The normalized spacial score (nSPS) is 10.3. The second-order valence-electron chi connectivity index (χ2n) is 12.3. The van der Waals surface area contributed by atoms with E-state index >= 15 is 0 Å². The van der Waals surface area contributed by atoms with E-state index in [2.05, 4.69) is 202 Å². The van der Waals surface area contributed by atoms with Crippen molar-refractivity contribution < 1.29 is 4.74 Å². The first-order chi connectivity index (χ1) is 26.4. The quantitative estimate of drug-likeness (QED) is 0.0895. The zero-order valence-corrected chi connectivity index (χ0v) is 31.5. The molecule has 0 radical (unpaired) electrons. The molecule has 0 unspecified atom stereocenters. The van der Waals surface area contributed by atoms with E-state index in [1.165, 1.54) is 33.2 Å². The Morgan fingerprint density at radius 2 is 1.06 bits per heavy atom. The Morgan fingerprint density at radius 3 is 1.54 bits per heavy atom. The van der Waals surface area contributed by atoms with Gasteiger partial charge in [-0.3, -0.25) is 4.98 Å². The van der Waals surface area contributed by atoms with Gasteiger partial charge in [0.25, 0.3) is 0 Å². The Balaban J connectivity index is 0.000000478. The zero-order chi connectivity index (χ0) is 38.9.